The van der Waals surface area contributed by atoms with Crippen molar-refractivity contribution in [3.8, 4) is 11.1 Å². The smallest absolute Gasteiger partial charge is 0.251 e. The number of fused-ring (bicyclic) bond motifs is 4. The molecule has 0 aliphatic carbocycles. The maximum Gasteiger partial charge on any atom is 0.251 e. The number of amides is 2. The number of hydrogen-bond donors (Lipinski definition) is 1. The van der Waals surface area contributed by atoms with E-state index in [4.69, 9.17) is 0 Å². The van der Waals surface area contributed by atoms with Crippen molar-refractivity contribution in [2.45, 2.75) is 39.2 Å². The predicted octanol–water partition coefficient (Wildman–Crippen LogP) is 2.16. The molecule has 1 saturated heterocycles. The summed E-state index contributed by atoms with van der Waals surface area (Å²) in [6.07, 6.45) is 1.38. The van der Waals surface area contributed by atoms with Gasteiger partial charge in [-0.15, -0.1) is 0 Å². The summed E-state index contributed by atoms with van der Waals surface area (Å²) in [5, 5.41) is 2.80. The number of piperidine rings is 1. The number of aromatic nitrogens is 1. The molecular formula is C23H27N3O3. The lowest BCUT2D eigenvalue weighted by Crippen LogP contribution is -2.48. The molecule has 2 aliphatic rings. The first-order chi connectivity index (χ1) is 13.9. The maximum absolute atomic E-state index is 12.8. The number of pyridine rings is 1. The van der Waals surface area contributed by atoms with E-state index >= 15 is 0 Å². The first kappa shape index (κ1) is 19.4. The fraction of sp³-hybridized carbons (Fsp3) is 0.435. The second-order valence-corrected chi connectivity index (χ2v) is 8.17. The number of nitrogens with zero attached hydrogens (tertiary/aromatic N) is 2. The van der Waals surface area contributed by atoms with Gasteiger partial charge >= 0.3 is 0 Å². The number of likely N-dealkylation sites (tertiary alicyclic amines) is 1. The van der Waals surface area contributed by atoms with Gasteiger partial charge in [-0.1, -0.05) is 24.3 Å². The molecular weight excluding hydrogens is 366 g/mol. The van der Waals surface area contributed by atoms with Gasteiger partial charge in [0.2, 0.25) is 11.8 Å². The normalized spacial score (nSPS) is 20.1. The highest BCUT2D eigenvalue weighted by Crippen LogP contribution is 2.36. The maximum atomic E-state index is 12.8. The quantitative estimate of drug-likeness (QED) is 0.865. The van der Waals surface area contributed by atoms with E-state index in [2.05, 4.69) is 11.4 Å². The Balaban J connectivity index is 1.61. The third-order valence-corrected chi connectivity index (χ3v) is 6.03. The van der Waals surface area contributed by atoms with E-state index in [-0.39, 0.29) is 23.3 Å². The lowest BCUT2D eigenvalue weighted by atomic mass is 9.82. The highest BCUT2D eigenvalue weighted by Gasteiger charge is 2.35. The molecule has 1 aromatic heterocycles. The Morgan fingerprint density at radius 1 is 1.07 bits per heavy atom. The summed E-state index contributed by atoms with van der Waals surface area (Å²) in [7, 11) is 0. The molecule has 152 valence electrons. The van der Waals surface area contributed by atoms with Gasteiger partial charge in [0.25, 0.3) is 5.56 Å². The van der Waals surface area contributed by atoms with Crippen LogP contribution in [0.15, 0.2) is 41.2 Å². The van der Waals surface area contributed by atoms with Crippen LogP contribution in [0.3, 0.4) is 0 Å². The van der Waals surface area contributed by atoms with Crippen LogP contribution in [0.4, 0.5) is 0 Å². The van der Waals surface area contributed by atoms with Gasteiger partial charge in [-0.25, -0.2) is 0 Å². The molecule has 0 unspecified atom stereocenters. The van der Waals surface area contributed by atoms with Crippen LogP contribution in [0.1, 0.15) is 37.4 Å². The minimum Gasteiger partial charge on any atom is -0.356 e. The summed E-state index contributed by atoms with van der Waals surface area (Å²) in [5.41, 5.74) is 3.85. The zero-order valence-corrected chi connectivity index (χ0v) is 17.0. The van der Waals surface area contributed by atoms with E-state index in [1.54, 1.807) is 13.0 Å². The number of carbonyl (C=O) groups excluding carboxylic acids is 2. The molecule has 6 heteroatoms. The van der Waals surface area contributed by atoms with E-state index < -0.39 is 0 Å². The number of rotatable bonds is 4. The molecule has 2 atom stereocenters. The summed E-state index contributed by atoms with van der Waals surface area (Å²) in [6.45, 7) is 6.25. The van der Waals surface area contributed by atoms with Gasteiger partial charge in [0.15, 0.2) is 0 Å². The molecule has 1 fully saturated rings. The molecule has 29 heavy (non-hydrogen) atoms. The van der Waals surface area contributed by atoms with Crippen molar-refractivity contribution < 1.29 is 9.59 Å². The Morgan fingerprint density at radius 2 is 1.83 bits per heavy atom. The highest BCUT2D eigenvalue weighted by molar-refractivity contribution is 5.78. The topological polar surface area (TPSA) is 71.4 Å². The predicted molar refractivity (Wildman–Crippen MR) is 112 cm³/mol. The van der Waals surface area contributed by atoms with Crippen molar-refractivity contribution in [3.05, 3.63) is 58.0 Å². The number of benzene rings is 1. The summed E-state index contributed by atoms with van der Waals surface area (Å²) < 4.78 is 1.89. The number of carbonyl (C=O) groups is 2. The summed E-state index contributed by atoms with van der Waals surface area (Å²) in [5.74, 6) is 0.668. The molecule has 2 aromatic rings. The van der Waals surface area contributed by atoms with E-state index in [1.165, 1.54) is 0 Å². The second-order valence-electron chi connectivity index (χ2n) is 8.17. The van der Waals surface area contributed by atoms with Crippen molar-refractivity contribution in [2.24, 2.45) is 5.92 Å². The van der Waals surface area contributed by atoms with Crippen LogP contribution in [-0.4, -0.2) is 40.9 Å². The van der Waals surface area contributed by atoms with Crippen molar-refractivity contribution in [1.29, 1.82) is 0 Å². The molecule has 0 radical (unpaired) electrons. The average Bonchev–Trinajstić information content (AvgIpc) is 2.69. The Morgan fingerprint density at radius 3 is 2.52 bits per heavy atom. The SMILES string of the molecule is CCNC(=O)Cc1ccc(-c2cc3n(c(=O)c2)C[C@H]2C[C@@H]3CN(C(C)=O)C2)cc1. The van der Waals surface area contributed by atoms with Gasteiger partial charge in [0, 0.05) is 50.8 Å². The standard InChI is InChI=1S/C23H27N3O3/c1-3-24-22(28)9-16-4-6-18(7-5-16)19-10-21-20-8-17(12-25(14-20)15(2)27)13-26(21)23(29)11-19/h4-7,10-11,17,20H,3,8-9,12-14H2,1-2H3,(H,24,28)/t17-,20+/m0/s1. The number of likely N-dealkylation sites (N-methyl/N-ethyl adjacent to an activating group) is 1. The molecule has 4 rings (SSSR count). The highest BCUT2D eigenvalue weighted by atomic mass is 16.2. The molecule has 0 saturated carbocycles. The molecule has 0 spiro atoms. The molecule has 2 bridgehead atoms. The van der Waals surface area contributed by atoms with Gasteiger partial charge in [-0.3, -0.25) is 14.4 Å². The molecule has 1 N–H and O–H groups in total. The van der Waals surface area contributed by atoms with E-state index in [0.717, 1.165) is 35.3 Å². The Labute approximate surface area is 170 Å². The van der Waals surface area contributed by atoms with Gasteiger partial charge < -0.3 is 14.8 Å². The van der Waals surface area contributed by atoms with Crippen molar-refractivity contribution in [3.63, 3.8) is 0 Å². The monoisotopic (exact) mass is 393 g/mol. The zero-order valence-electron chi connectivity index (χ0n) is 17.0. The van der Waals surface area contributed by atoms with Crippen LogP contribution < -0.4 is 10.9 Å². The van der Waals surface area contributed by atoms with Gasteiger partial charge in [-0.2, -0.15) is 0 Å². The van der Waals surface area contributed by atoms with Gasteiger partial charge in [0.05, 0.1) is 6.42 Å². The zero-order chi connectivity index (χ0) is 20.5. The number of hydrogen-bond acceptors (Lipinski definition) is 3. The first-order valence-corrected chi connectivity index (χ1v) is 10.3. The van der Waals surface area contributed by atoms with Crippen LogP contribution in [0, 0.1) is 5.92 Å². The van der Waals surface area contributed by atoms with E-state index in [0.29, 0.717) is 32.0 Å². The van der Waals surface area contributed by atoms with Crippen molar-refractivity contribution >= 4 is 11.8 Å². The molecule has 1 aromatic carbocycles. The van der Waals surface area contributed by atoms with Gasteiger partial charge in [0.1, 0.15) is 0 Å². The lowest BCUT2D eigenvalue weighted by Gasteiger charge is -2.42. The number of nitrogens with one attached hydrogen (secondary N) is 1. The van der Waals surface area contributed by atoms with Crippen molar-refractivity contribution in [1.82, 2.24) is 14.8 Å². The summed E-state index contributed by atoms with van der Waals surface area (Å²) in [6, 6.07) is 11.6. The Hall–Kier alpha value is -2.89. The molecule has 2 aliphatic heterocycles. The first-order valence-electron chi connectivity index (χ1n) is 10.3. The van der Waals surface area contributed by atoms with Gasteiger partial charge in [-0.05, 0) is 42.0 Å². The van der Waals surface area contributed by atoms with Crippen LogP contribution in [0.5, 0.6) is 0 Å². The molecule has 6 nitrogen and oxygen atoms in total. The Kier molecular flexibility index (Phi) is 5.26. The third-order valence-electron chi connectivity index (χ3n) is 6.03. The third kappa shape index (κ3) is 3.97. The van der Waals surface area contributed by atoms with Crippen LogP contribution in [0.25, 0.3) is 11.1 Å². The molecule has 2 amide bonds. The van der Waals surface area contributed by atoms with E-state index in [9.17, 15) is 14.4 Å². The summed E-state index contributed by atoms with van der Waals surface area (Å²) >= 11 is 0. The average molecular weight is 393 g/mol. The largest absolute Gasteiger partial charge is 0.356 e. The Bertz CT molecular complexity index is 993. The van der Waals surface area contributed by atoms with Crippen LogP contribution in [0.2, 0.25) is 0 Å². The lowest BCUT2D eigenvalue weighted by molar-refractivity contribution is -0.131. The fourth-order valence-electron chi connectivity index (χ4n) is 4.64. The van der Waals surface area contributed by atoms with Crippen LogP contribution in [-0.2, 0) is 22.6 Å². The van der Waals surface area contributed by atoms with E-state index in [1.807, 2.05) is 40.7 Å². The molecule has 3 heterocycles. The summed E-state index contributed by atoms with van der Waals surface area (Å²) in [4.78, 5) is 38.4. The van der Waals surface area contributed by atoms with Crippen LogP contribution >= 0.6 is 0 Å². The van der Waals surface area contributed by atoms with Crippen molar-refractivity contribution in [2.75, 3.05) is 19.6 Å². The fourth-order valence-corrected chi connectivity index (χ4v) is 4.64. The minimum absolute atomic E-state index is 0.00848. The minimum atomic E-state index is 0.00848. The second kappa shape index (κ2) is 7.85.